The van der Waals surface area contributed by atoms with Crippen molar-refractivity contribution in [2.24, 2.45) is 7.05 Å². The first-order chi connectivity index (χ1) is 65.0. The van der Waals surface area contributed by atoms with Gasteiger partial charge in [0, 0.05) is 29.7 Å². The van der Waals surface area contributed by atoms with E-state index in [0.717, 1.165) is 135 Å². The topological polar surface area (TPSA) is 71.3 Å². The van der Waals surface area contributed by atoms with Gasteiger partial charge < -0.3 is 4.57 Å². The fourth-order valence-corrected chi connectivity index (χ4v) is 20.8. The summed E-state index contributed by atoms with van der Waals surface area (Å²) in [5.41, 5.74) is 38.4. The second-order valence-electron chi connectivity index (χ2n) is 34.9. The van der Waals surface area contributed by atoms with Crippen molar-refractivity contribution in [3.8, 4) is 151 Å². The molecule has 25 aromatic rings. The Morgan fingerprint density at radius 2 is 0.447 bits per heavy atom. The van der Waals surface area contributed by atoms with Gasteiger partial charge in [-0.1, -0.05) is 340 Å². The third-order valence-corrected chi connectivity index (χ3v) is 27.3. The average Bonchev–Trinajstić information content (AvgIpc) is 0.873. The van der Waals surface area contributed by atoms with E-state index in [9.17, 15) is 0 Å². The summed E-state index contributed by atoms with van der Waals surface area (Å²) in [6, 6.07) is 160. The number of nitrogens with zero attached hydrogens (tertiary/aromatic N) is 8. The zero-order valence-corrected chi connectivity index (χ0v) is 73.1. The Hall–Kier alpha value is -17.2. The summed E-state index contributed by atoms with van der Waals surface area (Å²) < 4.78 is 8.99. The summed E-state index contributed by atoms with van der Waals surface area (Å²) >= 11 is 0. The lowest BCUT2D eigenvalue weighted by atomic mass is 9.85. The molecule has 132 heavy (non-hydrogen) atoms. The smallest absolute Gasteiger partial charge is 0.140 e. The average molecular weight is 1690 g/mol. The summed E-state index contributed by atoms with van der Waals surface area (Å²) in [6.45, 7) is 6.26. The van der Waals surface area contributed by atoms with Crippen LogP contribution in [0.3, 0.4) is 0 Å². The second-order valence-corrected chi connectivity index (χ2v) is 34.9. The molecule has 0 bridgehead atoms. The molecule has 0 amide bonds. The molecule has 21 aromatic carbocycles. The Bertz CT molecular complexity index is 8810. The van der Waals surface area contributed by atoms with Crippen LogP contribution in [0.5, 0.6) is 0 Å². The molecule has 0 radical (unpaired) electrons. The minimum atomic E-state index is 0.923. The highest BCUT2D eigenvalue weighted by molar-refractivity contribution is 6.23. The normalized spacial score (nSPS) is 11.8. The number of fused-ring (bicyclic) bond motifs is 9. The van der Waals surface area contributed by atoms with Crippen LogP contribution in [0.1, 0.15) is 17.5 Å². The fraction of sp³-hybridized carbons (Fsp3) is 0.0323. The molecular weight excluding hydrogens is 1600 g/mol. The number of hydrogen-bond donors (Lipinski definition) is 0. The van der Waals surface area contributed by atoms with Crippen LogP contribution in [0.15, 0.2) is 437 Å². The quantitative estimate of drug-likeness (QED) is 0.0959. The Morgan fingerprint density at radius 3 is 0.879 bits per heavy atom. The van der Waals surface area contributed by atoms with Crippen molar-refractivity contribution in [3.05, 3.63) is 454 Å². The molecule has 0 fully saturated rings. The van der Waals surface area contributed by atoms with Crippen molar-refractivity contribution >= 4 is 98.0 Å². The minimum Gasteiger partial charge on any atom is -0.327 e. The molecule has 8 heteroatoms. The van der Waals surface area contributed by atoms with E-state index < -0.39 is 0 Å². The molecule has 620 valence electrons. The van der Waals surface area contributed by atoms with Crippen molar-refractivity contribution in [3.63, 3.8) is 0 Å². The third kappa shape index (κ3) is 13.2. The summed E-state index contributed by atoms with van der Waals surface area (Å²) in [6.07, 6.45) is 0. The van der Waals surface area contributed by atoms with E-state index in [-0.39, 0.29) is 0 Å². The Kier molecular flexibility index (Phi) is 18.3. The first kappa shape index (κ1) is 77.2. The van der Waals surface area contributed by atoms with Crippen LogP contribution < -0.4 is 0 Å². The van der Waals surface area contributed by atoms with E-state index >= 15 is 0 Å². The van der Waals surface area contributed by atoms with Gasteiger partial charge in [-0.2, -0.15) is 0 Å². The highest BCUT2D eigenvalue weighted by Crippen LogP contribution is 2.48. The summed E-state index contributed by atoms with van der Waals surface area (Å²) in [4.78, 5) is 20.4. The zero-order chi connectivity index (χ0) is 87.8. The van der Waals surface area contributed by atoms with Gasteiger partial charge in [0.15, 0.2) is 0 Å². The summed E-state index contributed by atoms with van der Waals surface area (Å²) in [5.74, 6) is 3.76. The first-order valence-corrected chi connectivity index (χ1v) is 45.3. The zero-order valence-electron chi connectivity index (χ0n) is 73.1. The van der Waals surface area contributed by atoms with Gasteiger partial charge >= 0.3 is 0 Å². The van der Waals surface area contributed by atoms with E-state index in [4.69, 9.17) is 19.9 Å². The number of aromatic nitrogens is 8. The van der Waals surface area contributed by atoms with Crippen molar-refractivity contribution in [2.75, 3.05) is 0 Å². The first-order valence-electron chi connectivity index (χ1n) is 45.3. The summed E-state index contributed by atoms with van der Waals surface area (Å²) in [5, 5.41) is 12.2. The molecule has 0 unspecified atom stereocenters. The van der Waals surface area contributed by atoms with Crippen LogP contribution in [0, 0.1) is 20.8 Å². The molecule has 0 aliphatic heterocycles. The molecular formula is C124H84N8. The number of para-hydroxylation sites is 2. The maximum Gasteiger partial charge on any atom is 0.140 e. The summed E-state index contributed by atoms with van der Waals surface area (Å²) in [7, 11) is 2.13. The number of benzene rings is 21. The van der Waals surface area contributed by atoms with Crippen LogP contribution >= 0.6 is 0 Å². The Labute approximate surface area is 763 Å². The van der Waals surface area contributed by atoms with Crippen LogP contribution in [0.4, 0.5) is 0 Å². The molecule has 8 nitrogen and oxygen atoms in total. The predicted octanol–water partition coefficient (Wildman–Crippen LogP) is 32.3. The van der Waals surface area contributed by atoms with Gasteiger partial charge in [0.25, 0.3) is 0 Å². The van der Waals surface area contributed by atoms with E-state index in [1.165, 1.54) is 132 Å². The van der Waals surface area contributed by atoms with Crippen molar-refractivity contribution < 1.29 is 0 Å². The minimum absolute atomic E-state index is 0.923. The molecule has 0 saturated heterocycles. The van der Waals surface area contributed by atoms with Crippen LogP contribution in [0.2, 0.25) is 0 Å². The molecule has 0 saturated carbocycles. The van der Waals surface area contributed by atoms with Gasteiger partial charge in [-0.25, -0.2) is 19.9 Å². The van der Waals surface area contributed by atoms with Gasteiger partial charge in [0.1, 0.15) is 23.3 Å². The van der Waals surface area contributed by atoms with Crippen LogP contribution in [-0.2, 0) is 7.05 Å². The lowest BCUT2D eigenvalue weighted by Crippen LogP contribution is -1.97. The van der Waals surface area contributed by atoms with Crippen molar-refractivity contribution in [1.29, 1.82) is 0 Å². The van der Waals surface area contributed by atoms with E-state index in [2.05, 4.69) is 477 Å². The molecule has 0 N–H and O–H groups in total. The molecule has 4 heterocycles. The van der Waals surface area contributed by atoms with Crippen LogP contribution in [0.25, 0.3) is 249 Å². The molecule has 25 rings (SSSR count). The molecule has 0 atom stereocenters. The predicted molar refractivity (Wildman–Crippen MR) is 552 cm³/mol. The van der Waals surface area contributed by atoms with Gasteiger partial charge in [-0.3, -0.25) is 13.7 Å². The SMILES string of the molecule is Cc1nc2ccccc2n1-c1ccc(-c2ccc3ccc(-c4ccc(-n5c(C)nc6cc(-c7cccc(-n8c(C)nc9cc(-c%10ccc(-c%11c%12ccccc%12c(-c%12ccc(-c%13ccc(-c%14ccc%15nc(-c%16ccc(-c%17c%18ccccc%18c(-c%18ccc(-c%19ccccc%19)cc%18)c%18ccccc%17%18)cc%16)n(C)c%15c%14)cc%13)cc%12)c%12ccccc%11%12)cc%10)ccc98)c7)ccc65)cc4)cc3c2)cc1. The van der Waals surface area contributed by atoms with Crippen molar-refractivity contribution in [1.82, 2.24) is 38.2 Å². The monoisotopic (exact) mass is 1680 g/mol. The van der Waals surface area contributed by atoms with E-state index in [0.29, 0.717) is 0 Å². The largest absolute Gasteiger partial charge is 0.327 e. The van der Waals surface area contributed by atoms with Gasteiger partial charge in [0.05, 0.1) is 44.1 Å². The lowest BCUT2D eigenvalue weighted by molar-refractivity contribution is 0.959. The second kappa shape index (κ2) is 31.4. The highest BCUT2D eigenvalue weighted by atomic mass is 15.1. The Balaban J connectivity index is 0.438. The van der Waals surface area contributed by atoms with Gasteiger partial charge in [-0.15, -0.1) is 0 Å². The van der Waals surface area contributed by atoms with Crippen molar-refractivity contribution in [2.45, 2.75) is 20.8 Å². The fourth-order valence-electron chi connectivity index (χ4n) is 20.8. The molecule has 0 spiro atoms. The number of imidazole rings is 4. The third-order valence-electron chi connectivity index (χ3n) is 27.3. The molecule has 0 aliphatic carbocycles. The van der Waals surface area contributed by atoms with E-state index in [1.807, 2.05) is 6.07 Å². The maximum absolute atomic E-state index is 5.24. The van der Waals surface area contributed by atoms with Crippen LogP contribution in [-0.4, -0.2) is 38.2 Å². The number of rotatable bonds is 15. The number of aryl methyl sites for hydroxylation is 4. The van der Waals surface area contributed by atoms with Gasteiger partial charge in [-0.05, 0) is 294 Å². The standard InChI is InChI=1S/C124H84N8/c1-77-125-112-31-16-17-32-116(112)130(77)101-64-57-86(58-65-101)95-55-43-88-44-56-96(72-100(88)71-95)87-59-66-102(67-60-87)131-78(2)126-115-75-98(63-70-117(115)131)94-21-18-22-103(73-94)132-79(3)127-114-74-97(62-69-118(114)132)84-41-49-91(50-42-84)122-106-25-10-8-23-104(106)121(105-24-9-11-26-107(105)122)90-47-39-83(40-48-90)82-33-35-85(36-34-82)99-61-68-113-119(76-99)129(4)124(128-113)93-53-51-92(52-54-93)123-110-29-14-12-27-108(110)120(109-28-13-15-30-111(109)123)89-45-37-81(38-46-89)80-19-6-5-7-20-80/h5-76H,1-4H3. The molecule has 0 aliphatic rings. The maximum atomic E-state index is 5.24. The lowest BCUT2D eigenvalue weighted by Gasteiger charge is -2.18. The Morgan fingerprint density at radius 1 is 0.167 bits per heavy atom. The molecule has 4 aromatic heterocycles. The van der Waals surface area contributed by atoms with E-state index in [1.54, 1.807) is 0 Å². The number of hydrogen-bond acceptors (Lipinski definition) is 4. The van der Waals surface area contributed by atoms with Gasteiger partial charge in [0.2, 0.25) is 0 Å². The highest BCUT2D eigenvalue weighted by Gasteiger charge is 2.24.